The summed E-state index contributed by atoms with van der Waals surface area (Å²) in [7, 11) is 0. The normalized spacial score (nSPS) is 29.8. The van der Waals surface area contributed by atoms with Crippen LogP contribution >= 0.6 is 15.9 Å². The summed E-state index contributed by atoms with van der Waals surface area (Å²) < 4.78 is 0. The number of amides is 1. The first-order valence-corrected chi connectivity index (χ1v) is 5.21. The Kier molecular flexibility index (Phi) is 3.85. The number of alkyl halides is 1. The highest BCUT2D eigenvalue weighted by atomic mass is 79.9. The highest BCUT2D eigenvalue weighted by molar-refractivity contribution is 9.09. The van der Waals surface area contributed by atoms with Crippen molar-refractivity contribution >= 4 is 22.0 Å². The van der Waals surface area contributed by atoms with Gasteiger partial charge in [0.2, 0.25) is 0 Å². The number of carbonyl (C=O) groups is 1. The summed E-state index contributed by atoms with van der Waals surface area (Å²) in [4.78, 5) is 10.8. The fourth-order valence-electron chi connectivity index (χ4n) is 1.56. The second-order valence-corrected chi connectivity index (χ2v) is 4.60. The number of halogens is 1. The van der Waals surface area contributed by atoms with Crippen molar-refractivity contribution in [3.63, 3.8) is 0 Å². The molecule has 0 aromatic rings. The van der Waals surface area contributed by atoms with Crippen LogP contribution in [0, 0.1) is 5.92 Å². The minimum absolute atomic E-state index is 0.551. The molecular weight excluding hydrogens is 222 g/mol. The van der Waals surface area contributed by atoms with Crippen LogP contribution in [0.3, 0.4) is 0 Å². The second-order valence-electron chi connectivity index (χ2n) is 3.30. The molecule has 0 aromatic heterocycles. The minimum atomic E-state index is -0.907. The maximum atomic E-state index is 10.2. The fraction of sp³-hybridized carbons (Fsp3) is 0.875. The molecule has 0 saturated heterocycles. The predicted octanol–water partition coefficient (Wildman–Crippen LogP) is 2.21. The molecule has 1 fully saturated rings. The molecule has 0 spiro atoms. The van der Waals surface area contributed by atoms with Crippen molar-refractivity contribution < 1.29 is 9.90 Å². The molecule has 1 aliphatic carbocycles. The fourth-order valence-corrected chi connectivity index (χ4v) is 2.09. The van der Waals surface area contributed by atoms with E-state index >= 15 is 0 Å². The lowest BCUT2D eigenvalue weighted by atomic mass is 9.89. The van der Waals surface area contributed by atoms with E-state index in [0.717, 1.165) is 12.8 Å². The van der Waals surface area contributed by atoms with Gasteiger partial charge in [0.05, 0.1) is 0 Å². The van der Waals surface area contributed by atoms with E-state index in [-0.39, 0.29) is 0 Å². The van der Waals surface area contributed by atoms with Crippen molar-refractivity contribution in [2.45, 2.75) is 30.5 Å². The van der Waals surface area contributed by atoms with E-state index < -0.39 is 6.09 Å². The Labute approximate surface area is 80.7 Å². The molecule has 0 unspecified atom stereocenters. The first-order chi connectivity index (χ1) is 5.68. The third-order valence-corrected chi connectivity index (χ3v) is 3.23. The molecule has 0 aliphatic heterocycles. The smallest absolute Gasteiger partial charge is 0.404 e. The molecule has 0 bridgehead atoms. The molecular formula is C8H14BrNO2. The van der Waals surface area contributed by atoms with Crippen molar-refractivity contribution in [3.8, 4) is 0 Å². The highest BCUT2D eigenvalue weighted by Gasteiger charge is 2.19. The SMILES string of the molecule is O=C(O)NC[C@H]1CC[C@@H](Br)CC1. The van der Waals surface area contributed by atoms with Gasteiger partial charge in [-0.1, -0.05) is 15.9 Å². The van der Waals surface area contributed by atoms with Crippen LogP contribution in [0.1, 0.15) is 25.7 Å². The van der Waals surface area contributed by atoms with Gasteiger partial charge < -0.3 is 10.4 Å². The number of hydrogen-bond acceptors (Lipinski definition) is 1. The molecule has 0 atom stereocenters. The zero-order valence-corrected chi connectivity index (χ0v) is 8.51. The lowest BCUT2D eigenvalue weighted by molar-refractivity contribution is 0.190. The Morgan fingerprint density at radius 1 is 1.42 bits per heavy atom. The number of nitrogens with one attached hydrogen (secondary N) is 1. The van der Waals surface area contributed by atoms with Gasteiger partial charge in [0, 0.05) is 11.4 Å². The molecule has 1 rings (SSSR count). The molecule has 1 saturated carbocycles. The van der Waals surface area contributed by atoms with Crippen LogP contribution in [0.15, 0.2) is 0 Å². The van der Waals surface area contributed by atoms with Gasteiger partial charge in [0.25, 0.3) is 0 Å². The predicted molar refractivity (Wildman–Crippen MR) is 50.7 cm³/mol. The summed E-state index contributed by atoms with van der Waals surface area (Å²) in [5.41, 5.74) is 0. The summed E-state index contributed by atoms with van der Waals surface area (Å²) in [6.07, 6.45) is 3.71. The van der Waals surface area contributed by atoms with Crippen LogP contribution in [-0.2, 0) is 0 Å². The number of rotatable bonds is 2. The first kappa shape index (κ1) is 9.84. The van der Waals surface area contributed by atoms with Crippen LogP contribution in [0.25, 0.3) is 0 Å². The van der Waals surface area contributed by atoms with Crippen LogP contribution < -0.4 is 5.32 Å². The molecule has 1 aliphatic rings. The number of hydrogen-bond donors (Lipinski definition) is 2. The van der Waals surface area contributed by atoms with Gasteiger partial charge in [0.1, 0.15) is 0 Å². The lowest BCUT2D eigenvalue weighted by Gasteiger charge is -2.24. The Morgan fingerprint density at radius 3 is 2.50 bits per heavy atom. The maximum absolute atomic E-state index is 10.2. The number of carboxylic acid groups (broad SMARTS) is 1. The second kappa shape index (κ2) is 4.70. The van der Waals surface area contributed by atoms with E-state index in [2.05, 4.69) is 21.2 Å². The van der Waals surface area contributed by atoms with Crippen molar-refractivity contribution in [1.82, 2.24) is 5.32 Å². The third-order valence-electron chi connectivity index (χ3n) is 2.32. The molecule has 12 heavy (non-hydrogen) atoms. The van der Waals surface area contributed by atoms with Gasteiger partial charge in [0.15, 0.2) is 0 Å². The molecule has 0 heterocycles. The Morgan fingerprint density at radius 2 is 2.00 bits per heavy atom. The van der Waals surface area contributed by atoms with E-state index in [1.165, 1.54) is 12.8 Å². The zero-order valence-electron chi connectivity index (χ0n) is 6.92. The monoisotopic (exact) mass is 235 g/mol. The van der Waals surface area contributed by atoms with Gasteiger partial charge in [-0.3, -0.25) is 0 Å². The summed E-state index contributed by atoms with van der Waals surface area (Å²) in [5.74, 6) is 0.551. The molecule has 1 amide bonds. The molecule has 0 radical (unpaired) electrons. The molecule has 0 aromatic carbocycles. The van der Waals surface area contributed by atoms with Gasteiger partial charge in [-0.2, -0.15) is 0 Å². The summed E-state index contributed by atoms with van der Waals surface area (Å²) in [6, 6.07) is 0. The van der Waals surface area contributed by atoms with Crippen molar-refractivity contribution in [2.75, 3.05) is 6.54 Å². The minimum Gasteiger partial charge on any atom is -0.465 e. The molecule has 4 heteroatoms. The van der Waals surface area contributed by atoms with E-state index in [1.54, 1.807) is 0 Å². The summed E-state index contributed by atoms with van der Waals surface area (Å²) >= 11 is 3.56. The van der Waals surface area contributed by atoms with Crippen LogP contribution in [0.2, 0.25) is 0 Å². The Hall–Kier alpha value is -0.250. The van der Waals surface area contributed by atoms with Gasteiger partial charge in [-0.05, 0) is 31.6 Å². The summed E-state index contributed by atoms with van der Waals surface area (Å²) in [6.45, 7) is 0.620. The Bertz CT molecular complexity index is 155. The van der Waals surface area contributed by atoms with Crippen LogP contribution in [0.5, 0.6) is 0 Å². The standard InChI is InChI=1S/C8H14BrNO2/c9-7-3-1-6(2-4-7)5-10-8(11)12/h6-7,10H,1-5H2,(H,11,12)/t6-,7+. The molecule has 3 nitrogen and oxygen atoms in total. The quantitative estimate of drug-likeness (QED) is 0.722. The maximum Gasteiger partial charge on any atom is 0.404 e. The van der Waals surface area contributed by atoms with Crippen LogP contribution in [0.4, 0.5) is 4.79 Å². The third kappa shape index (κ3) is 3.43. The first-order valence-electron chi connectivity index (χ1n) is 4.29. The highest BCUT2D eigenvalue weighted by Crippen LogP contribution is 2.27. The van der Waals surface area contributed by atoms with Crippen molar-refractivity contribution in [3.05, 3.63) is 0 Å². The lowest BCUT2D eigenvalue weighted by Crippen LogP contribution is -2.30. The zero-order chi connectivity index (χ0) is 8.97. The van der Waals surface area contributed by atoms with Gasteiger partial charge in [-0.25, -0.2) is 4.79 Å². The topological polar surface area (TPSA) is 49.3 Å². The van der Waals surface area contributed by atoms with E-state index in [1.807, 2.05) is 0 Å². The van der Waals surface area contributed by atoms with Crippen molar-refractivity contribution in [1.29, 1.82) is 0 Å². The van der Waals surface area contributed by atoms with Gasteiger partial charge in [-0.15, -0.1) is 0 Å². The average Bonchev–Trinajstić information content (AvgIpc) is 2.03. The van der Waals surface area contributed by atoms with E-state index in [0.29, 0.717) is 17.3 Å². The van der Waals surface area contributed by atoms with Crippen molar-refractivity contribution in [2.24, 2.45) is 5.92 Å². The Balaban J connectivity index is 2.13. The largest absolute Gasteiger partial charge is 0.465 e. The molecule has 70 valence electrons. The summed E-state index contributed by atoms with van der Waals surface area (Å²) in [5, 5.41) is 10.8. The van der Waals surface area contributed by atoms with E-state index in [9.17, 15) is 4.79 Å². The van der Waals surface area contributed by atoms with E-state index in [4.69, 9.17) is 5.11 Å². The van der Waals surface area contributed by atoms with Gasteiger partial charge >= 0.3 is 6.09 Å². The molecule has 2 N–H and O–H groups in total. The van der Waals surface area contributed by atoms with Crippen LogP contribution in [-0.4, -0.2) is 22.6 Å². The average molecular weight is 236 g/mol.